The Morgan fingerprint density at radius 2 is 1.87 bits per heavy atom. The molecule has 0 fully saturated rings. The van der Waals surface area contributed by atoms with Gasteiger partial charge in [0.25, 0.3) is 0 Å². The van der Waals surface area contributed by atoms with Crippen molar-refractivity contribution in [1.82, 2.24) is 0 Å². The van der Waals surface area contributed by atoms with E-state index in [1.54, 1.807) is 14.0 Å². The number of amides is 1. The van der Waals surface area contributed by atoms with Gasteiger partial charge in [-0.15, -0.1) is 0 Å². The van der Waals surface area contributed by atoms with Crippen LogP contribution < -0.4 is 5.73 Å². The van der Waals surface area contributed by atoms with E-state index in [0.29, 0.717) is 13.0 Å². The molecule has 1 amide bonds. The van der Waals surface area contributed by atoms with E-state index in [2.05, 4.69) is 0 Å². The summed E-state index contributed by atoms with van der Waals surface area (Å²) >= 11 is 0. The second kappa shape index (κ2) is 5.47. The number of carbonyl (C=O) groups excluding carboxylic acids is 1. The summed E-state index contributed by atoms with van der Waals surface area (Å²) in [6.45, 7) is 8.02. The molecule has 0 aliphatic carbocycles. The normalized spacial score (nSPS) is 16.1. The molecule has 0 radical (unpaired) electrons. The predicted octanol–water partition coefficient (Wildman–Crippen LogP) is 1.47. The van der Waals surface area contributed by atoms with Gasteiger partial charge >= 0.3 is 0 Å². The van der Waals surface area contributed by atoms with Crippen LogP contribution in [-0.2, 0) is 14.3 Å². The lowest BCUT2D eigenvalue weighted by atomic mass is 10.0. The minimum atomic E-state index is -0.857. The number of primary amides is 1. The molecule has 0 aromatic carbocycles. The number of carbonyl (C=O) groups is 1. The Labute approximate surface area is 92.1 Å². The maximum Gasteiger partial charge on any atom is 0.249 e. The van der Waals surface area contributed by atoms with Crippen molar-refractivity contribution in [2.24, 2.45) is 5.73 Å². The van der Waals surface area contributed by atoms with E-state index >= 15 is 0 Å². The van der Waals surface area contributed by atoms with E-state index in [0.717, 1.165) is 6.42 Å². The Kier molecular flexibility index (Phi) is 5.24. The second-order valence-electron chi connectivity index (χ2n) is 4.51. The molecule has 0 aromatic rings. The first-order valence-corrected chi connectivity index (χ1v) is 5.26. The van der Waals surface area contributed by atoms with E-state index in [9.17, 15) is 4.79 Å². The highest BCUT2D eigenvalue weighted by atomic mass is 16.5. The fourth-order valence-electron chi connectivity index (χ4n) is 0.972. The smallest absolute Gasteiger partial charge is 0.249 e. The fourth-order valence-corrected chi connectivity index (χ4v) is 0.972. The molecule has 15 heavy (non-hydrogen) atoms. The molecule has 0 heterocycles. The van der Waals surface area contributed by atoms with Crippen LogP contribution in [0.4, 0.5) is 0 Å². The zero-order valence-electron chi connectivity index (χ0n) is 10.4. The average molecular weight is 217 g/mol. The molecule has 0 aliphatic heterocycles. The van der Waals surface area contributed by atoms with Gasteiger partial charge in [-0.3, -0.25) is 4.79 Å². The summed E-state index contributed by atoms with van der Waals surface area (Å²) in [5.41, 5.74) is 4.18. The van der Waals surface area contributed by atoms with Crippen LogP contribution in [0.15, 0.2) is 0 Å². The van der Waals surface area contributed by atoms with E-state index < -0.39 is 11.5 Å². The monoisotopic (exact) mass is 217 g/mol. The molecular formula is C11H23NO3. The summed E-state index contributed by atoms with van der Waals surface area (Å²) in [5.74, 6) is -0.416. The van der Waals surface area contributed by atoms with Crippen molar-refractivity contribution < 1.29 is 14.3 Å². The number of nitrogens with two attached hydrogens (primary N) is 1. The van der Waals surface area contributed by atoms with Gasteiger partial charge in [-0.1, -0.05) is 6.92 Å². The van der Waals surface area contributed by atoms with Crippen LogP contribution in [0.2, 0.25) is 0 Å². The van der Waals surface area contributed by atoms with Gasteiger partial charge in [0.2, 0.25) is 5.91 Å². The van der Waals surface area contributed by atoms with Gasteiger partial charge in [0.1, 0.15) is 5.60 Å². The Hall–Kier alpha value is -0.610. The first kappa shape index (κ1) is 14.4. The van der Waals surface area contributed by atoms with Crippen molar-refractivity contribution >= 4 is 5.91 Å². The maximum atomic E-state index is 11.1. The number of hydrogen-bond acceptors (Lipinski definition) is 3. The first-order valence-electron chi connectivity index (χ1n) is 5.26. The van der Waals surface area contributed by atoms with Crippen molar-refractivity contribution in [3.8, 4) is 0 Å². The zero-order valence-corrected chi connectivity index (χ0v) is 10.4. The van der Waals surface area contributed by atoms with Gasteiger partial charge in [0.15, 0.2) is 0 Å². The summed E-state index contributed by atoms with van der Waals surface area (Å²) in [6, 6.07) is 0. The lowest BCUT2D eigenvalue weighted by Gasteiger charge is -2.28. The van der Waals surface area contributed by atoms with Gasteiger partial charge in [0.05, 0.1) is 12.2 Å². The molecular weight excluding hydrogens is 194 g/mol. The van der Waals surface area contributed by atoms with Crippen LogP contribution >= 0.6 is 0 Å². The van der Waals surface area contributed by atoms with Crippen LogP contribution in [0.3, 0.4) is 0 Å². The number of methoxy groups -OCH3 is 1. The molecule has 0 aromatic heterocycles. The molecule has 1 unspecified atom stereocenters. The van der Waals surface area contributed by atoms with Gasteiger partial charge < -0.3 is 15.2 Å². The molecule has 0 spiro atoms. The molecule has 1 atom stereocenters. The Balaban J connectivity index is 4.09. The van der Waals surface area contributed by atoms with Gasteiger partial charge in [0, 0.05) is 7.11 Å². The van der Waals surface area contributed by atoms with E-state index in [1.807, 2.05) is 20.8 Å². The number of hydrogen-bond donors (Lipinski definition) is 1. The molecule has 90 valence electrons. The molecule has 0 bridgehead atoms. The van der Waals surface area contributed by atoms with Gasteiger partial charge in [-0.25, -0.2) is 0 Å². The van der Waals surface area contributed by atoms with Crippen LogP contribution in [-0.4, -0.2) is 30.8 Å². The van der Waals surface area contributed by atoms with Crippen LogP contribution in [0.25, 0.3) is 0 Å². The molecule has 0 saturated carbocycles. The fraction of sp³-hybridized carbons (Fsp3) is 0.909. The standard InChI is InChI=1S/C11H23NO3/c1-6-11(4,9(12)13)15-8-7-10(2,3)14-5/h6-8H2,1-5H3,(H2,12,13). The lowest BCUT2D eigenvalue weighted by molar-refractivity contribution is -0.144. The van der Waals surface area contributed by atoms with Crippen molar-refractivity contribution in [3.05, 3.63) is 0 Å². The van der Waals surface area contributed by atoms with Crippen molar-refractivity contribution in [2.45, 2.75) is 51.7 Å². The summed E-state index contributed by atoms with van der Waals surface area (Å²) in [5, 5.41) is 0. The summed E-state index contributed by atoms with van der Waals surface area (Å²) in [4.78, 5) is 11.1. The number of rotatable bonds is 7. The highest BCUT2D eigenvalue weighted by molar-refractivity contribution is 5.82. The summed E-state index contributed by atoms with van der Waals surface area (Å²) in [7, 11) is 1.66. The van der Waals surface area contributed by atoms with Crippen LogP contribution in [0.1, 0.15) is 40.5 Å². The summed E-state index contributed by atoms with van der Waals surface area (Å²) in [6.07, 6.45) is 1.31. The highest BCUT2D eigenvalue weighted by Crippen LogP contribution is 2.18. The molecule has 0 saturated heterocycles. The highest BCUT2D eigenvalue weighted by Gasteiger charge is 2.30. The van der Waals surface area contributed by atoms with Crippen molar-refractivity contribution in [3.63, 3.8) is 0 Å². The van der Waals surface area contributed by atoms with Crippen molar-refractivity contribution in [2.75, 3.05) is 13.7 Å². The predicted molar refractivity (Wildman–Crippen MR) is 59.5 cm³/mol. The van der Waals surface area contributed by atoms with E-state index in [1.165, 1.54) is 0 Å². The average Bonchev–Trinajstić information content (AvgIpc) is 2.17. The van der Waals surface area contributed by atoms with Gasteiger partial charge in [-0.2, -0.15) is 0 Å². The third-order valence-corrected chi connectivity index (χ3v) is 2.87. The Morgan fingerprint density at radius 3 is 2.20 bits per heavy atom. The molecule has 2 N–H and O–H groups in total. The minimum absolute atomic E-state index is 0.230. The third-order valence-electron chi connectivity index (χ3n) is 2.87. The van der Waals surface area contributed by atoms with Crippen molar-refractivity contribution in [1.29, 1.82) is 0 Å². The molecule has 0 rings (SSSR count). The maximum absolute atomic E-state index is 11.1. The molecule has 4 heteroatoms. The molecule has 0 aliphatic rings. The second-order valence-corrected chi connectivity index (χ2v) is 4.51. The third kappa shape index (κ3) is 4.62. The lowest BCUT2D eigenvalue weighted by Crippen LogP contribution is -2.44. The minimum Gasteiger partial charge on any atom is -0.379 e. The van der Waals surface area contributed by atoms with Gasteiger partial charge in [-0.05, 0) is 33.6 Å². The quantitative estimate of drug-likeness (QED) is 0.702. The summed E-state index contributed by atoms with van der Waals surface area (Å²) < 4.78 is 10.8. The topological polar surface area (TPSA) is 61.6 Å². The Morgan fingerprint density at radius 1 is 1.33 bits per heavy atom. The number of ether oxygens (including phenoxy) is 2. The SMILES string of the molecule is CCC(C)(OCCC(C)(C)OC)C(N)=O. The van der Waals surface area contributed by atoms with Crippen LogP contribution in [0, 0.1) is 0 Å². The van der Waals surface area contributed by atoms with E-state index in [4.69, 9.17) is 15.2 Å². The zero-order chi connectivity index (χ0) is 12.1. The van der Waals surface area contributed by atoms with Crippen LogP contribution in [0.5, 0.6) is 0 Å². The molecule has 4 nitrogen and oxygen atoms in total. The van der Waals surface area contributed by atoms with E-state index in [-0.39, 0.29) is 5.60 Å². The largest absolute Gasteiger partial charge is 0.379 e. The first-order chi connectivity index (χ1) is 6.77. The Bertz CT molecular complexity index is 216.